The van der Waals surface area contributed by atoms with Crippen LogP contribution in [-0.4, -0.2) is 30.3 Å². The Morgan fingerprint density at radius 2 is 1.97 bits per heavy atom. The highest BCUT2D eigenvalue weighted by Gasteiger charge is 2.52. The van der Waals surface area contributed by atoms with Crippen LogP contribution in [0.2, 0.25) is 0 Å². The number of carbonyl (C=O) groups is 2. The minimum atomic E-state index is -0.627. The van der Waals surface area contributed by atoms with E-state index in [9.17, 15) is 9.59 Å². The van der Waals surface area contributed by atoms with Gasteiger partial charge in [0.2, 0.25) is 12.7 Å². The van der Waals surface area contributed by atoms with Gasteiger partial charge in [0.05, 0.1) is 23.3 Å². The number of ether oxygens (including phenoxy) is 3. The van der Waals surface area contributed by atoms with Gasteiger partial charge in [-0.25, -0.2) is 4.79 Å². The molecule has 2 aromatic carbocycles. The highest BCUT2D eigenvalue weighted by molar-refractivity contribution is 6.08. The fourth-order valence-corrected chi connectivity index (χ4v) is 3.79. The number of anilines is 1. The average molecular weight is 392 g/mol. The number of H-pyrrole nitrogens is 1. The number of hydrogen-bond donors (Lipinski definition) is 2. The Morgan fingerprint density at radius 1 is 1.14 bits per heavy atom. The van der Waals surface area contributed by atoms with E-state index in [-0.39, 0.29) is 19.3 Å². The van der Waals surface area contributed by atoms with Gasteiger partial charge in [0, 0.05) is 17.1 Å². The Bertz CT molecular complexity index is 1130. The Labute approximate surface area is 167 Å². The third kappa shape index (κ3) is 2.90. The average Bonchev–Trinajstić information content (AvgIpc) is 3.18. The lowest BCUT2D eigenvalue weighted by atomic mass is 9.94. The maximum atomic E-state index is 13.3. The van der Waals surface area contributed by atoms with Crippen LogP contribution in [0.25, 0.3) is 10.9 Å². The number of fused-ring (bicyclic) bond motifs is 2. The molecule has 1 saturated carbocycles. The van der Waals surface area contributed by atoms with Crippen molar-refractivity contribution in [2.75, 3.05) is 18.7 Å². The van der Waals surface area contributed by atoms with Crippen molar-refractivity contribution < 1.29 is 23.8 Å². The van der Waals surface area contributed by atoms with Gasteiger partial charge in [0.1, 0.15) is 0 Å². The topological polar surface area (TPSA) is 89.7 Å². The smallest absolute Gasteiger partial charge is 0.340 e. The van der Waals surface area contributed by atoms with E-state index >= 15 is 0 Å². The summed E-state index contributed by atoms with van der Waals surface area (Å²) in [4.78, 5) is 28.8. The monoisotopic (exact) mass is 392 g/mol. The fraction of sp³-hybridized carbons (Fsp3) is 0.273. The number of benzene rings is 2. The van der Waals surface area contributed by atoms with Crippen molar-refractivity contribution in [1.29, 1.82) is 0 Å². The molecule has 3 aromatic rings. The van der Waals surface area contributed by atoms with Gasteiger partial charge in [-0.2, -0.15) is 0 Å². The lowest BCUT2D eigenvalue weighted by Gasteiger charge is -2.18. The van der Waals surface area contributed by atoms with Gasteiger partial charge < -0.3 is 24.5 Å². The van der Waals surface area contributed by atoms with Crippen LogP contribution in [0.1, 0.15) is 35.7 Å². The van der Waals surface area contributed by atoms with Crippen molar-refractivity contribution in [2.24, 2.45) is 0 Å². The minimum Gasteiger partial charge on any atom is -0.462 e. The van der Waals surface area contributed by atoms with Gasteiger partial charge in [-0.15, -0.1) is 0 Å². The van der Waals surface area contributed by atoms with Crippen LogP contribution in [0.4, 0.5) is 5.69 Å². The Morgan fingerprint density at radius 3 is 2.76 bits per heavy atom. The minimum absolute atomic E-state index is 0.146. The van der Waals surface area contributed by atoms with Crippen molar-refractivity contribution in [3.63, 3.8) is 0 Å². The highest BCUT2D eigenvalue weighted by atomic mass is 16.7. The van der Waals surface area contributed by atoms with Gasteiger partial charge in [0.15, 0.2) is 11.5 Å². The molecule has 29 heavy (non-hydrogen) atoms. The summed E-state index contributed by atoms with van der Waals surface area (Å²) in [6.07, 6.45) is 3.26. The molecule has 7 heteroatoms. The first-order chi connectivity index (χ1) is 14.1. The number of aromatic nitrogens is 1. The molecule has 5 rings (SSSR count). The second-order valence-electron chi connectivity index (χ2n) is 7.29. The summed E-state index contributed by atoms with van der Waals surface area (Å²) in [6, 6.07) is 11.0. The molecule has 2 heterocycles. The second-order valence-corrected chi connectivity index (χ2v) is 7.29. The summed E-state index contributed by atoms with van der Waals surface area (Å²) in [5, 5.41) is 3.85. The highest BCUT2D eigenvalue weighted by Crippen LogP contribution is 2.51. The largest absolute Gasteiger partial charge is 0.462 e. The molecule has 0 unspecified atom stereocenters. The van der Waals surface area contributed by atoms with Crippen molar-refractivity contribution in [3.05, 3.63) is 53.7 Å². The fourth-order valence-electron chi connectivity index (χ4n) is 3.79. The van der Waals surface area contributed by atoms with Crippen LogP contribution in [0.15, 0.2) is 42.6 Å². The molecule has 0 atom stereocenters. The molecule has 0 radical (unpaired) electrons. The Kier molecular flexibility index (Phi) is 3.97. The standard InChI is InChI=1S/C22H20N2O5/c1-2-27-20(25)15-9-13-5-8-23-16(13)11-17(15)24-21(26)22(6-7-22)14-3-4-18-19(10-14)29-12-28-18/h3-5,8-11,23H,2,6-7,12H2,1H3,(H,24,26). The van der Waals surface area contributed by atoms with E-state index in [2.05, 4.69) is 10.3 Å². The van der Waals surface area contributed by atoms with Gasteiger partial charge in [-0.3, -0.25) is 4.79 Å². The molecule has 1 aliphatic carbocycles. The zero-order valence-corrected chi connectivity index (χ0v) is 15.9. The molecule has 1 aromatic heterocycles. The molecule has 1 fully saturated rings. The van der Waals surface area contributed by atoms with Crippen LogP contribution >= 0.6 is 0 Å². The quantitative estimate of drug-likeness (QED) is 0.646. The zero-order valence-electron chi connectivity index (χ0n) is 15.9. The molecule has 2 N–H and O–H groups in total. The third-order valence-electron chi connectivity index (χ3n) is 5.54. The number of carbonyl (C=O) groups excluding carboxylic acids is 2. The normalized spacial score (nSPS) is 15.9. The molecule has 0 saturated heterocycles. The molecule has 7 nitrogen and oxygen atoms in total. The van der Waals surface area contributed by atoms with E-state index in [0.29, 0.717) is 22.7 Å². The molecule has 1 amide bonds. The van der Waals surface area contributed by atoms with Crippen molar-refractivity contribution >= 4 is 28.5 Å². The van der Waals surface area contributed by atoms with Gasteiger partial charge in [-0.1, -0.05) is 6.07 Å². The summed E-state index contributed by atoms with van der Waals surface area (Å²) in [7, 11) is 0. The van der Waals surface area contributed by atoms with E-state index in [1.54, 1.807) is 25.3 Å². The summed E-state index contributed by atoms with van der Waals surface area (Å²) < 4.78 is 16.0. The predicted octanol–water partition coefficient (Wildman–Crippen LogP) is 3.74. The Hall–Kier alpha value is -3.48. The van der Waals surface area contributed by atoms with Gasteiger partial charge in [-0.05, 0) is 55.7 Å². The van der Waals surface area contributed by atoms with E-state index < -0.39 is 11.4 Å². The first kappa shape index (κ1) is 17.6. The molecule has 0 spiro atoms. The number of amides is 1. The third-order valence-corrected chi connectivity index (χ3v) is 5.54. The maximum Gasteiger partial charge on any atom is 0.340 e. The first-order valence-corrected chi connectivity index (χ1v) is 9.60. The molecule has 148 valence electrons. The number of esters is 1. The molecule has 0 bridgehead atoms. The van der Waals surface area contributed by atoms with Crippen LogP contribution in [0.5, 0.6) is 11.5 Å². The predicted molar refractivity (Wildman–Crippen MR) is 106 cm³/mol. The van der Waals surface area contributed by atoms with E-state index in [4.69, 9.17) is 14.2 Å². The molecule has 1 aliphatic heterocycles. The van der Waals surface area contributed by atoms with Crippen molar-refractivity contribution in [1.82, 2.24) is 4.98 Å². The molecular formula is C22H20N2O5. The first-order valence-electron chi connectivity index (χ1n) is 9.60. The summed E-state index contributed by atoms with van der Waals surface area (Å²) in [6.45, 7) is 2.21. The Balaban J connectivity index is 1.48. The summed E-state index contributed by atoms with van der Waals surface area (Å²) in [5.74, 6) is 0.736. The maximum absolute atomic E-state index is 13.3. The summed E-state index contributed by atoms with van der Waals surface area (Å²) in [5.41, 5.74) is 1.88. The number of hydrogen-bond acceptors (Lipinski definition) is 5. The summed E-state index contributed by atoms with van der Waals surface area (Å²) >= 11 is 0. The lowest BCUT2D eigenvalue weighted by molar-refractivity contribution is -0.118. The number of rotatable bonds is 5. The van der Waals surface area contributed by atoms with Gasteiger partial charge in [0.25, 0.3) is 0 Å². The lowest BCUT2D eigenvalue weighted by Crippen LogP contribution is -2.28. The van der Waals surface area contributed by atoms with Crippen LogP contribution in [0.3, 0.4) is 0 Å². The van der Waals surface area contributed by atoms with Crippen molar-refractivity contribution in [3.8, 4) is 11.5 Å². The SMILES string of the molecule is CCOC(=O)c1cc2cc[nH]c2cc1NC(=O)C1(c2ccc3c(c2)OCO3)CC1. The number of aromatic amines is 1. The van der Waals surface area contributed by atoms with Crippen molar-refractivity contribution in [2.45, 2.75) is 25.2 Å². The zero-order chi connectivity index (χ0) is 20.0. The molecule has 2 aliphatic rings. The van der Waals surface area contributed by atoms with E-state index in [1.165, 1.54) is 0 Å². The van der Waals surface area contributed by atoms with Crippen LogP contribution in [-0.2, 0) is 14.9 Å². The van der Waals surface area contributed by atoms with E-state index in [1.807, 2.05) is 24.3 Å². The second kappa shape index (κ2) is 6.55. The van der Waals surface area contributed by atoms with Gasteiger partial charge >= 0.3 is 5.97 Å². The van der Waals surface area contributed by atoms with E-state index in [0.717, 1.165) is 29.3 Å². The number of nitrogens with one attached hydrogen (secondary N) is 2. The molecular weight excluding hydrogens is 372 g/mol. The van der Waals surface area contributed by atoms with Crippen LogP contribution in [0, 0.1) is 0 Å². The van der Waals surface area contributed by atoms with Crippen LogP contribution < -0.4 is 14.8 Å².